The van der Waals surface area contributed by atoms with Gasteiger partial charge >= 0.3 is 0 Å². The summed E-state index contributed by atoms with van der Waals surface area (Å²) >= 11 is 0. The Kier molecular flexibility index (Phi) is 3.75. The molecule has 1 heterocycles. The van der Waals surface area contributed by atoms with Crippen LogP contribution in [-0.2, 0) is 0 Å². The van der Waals surface area contributed by atoms with Gasteiger partial charge in [0.15, 0.2) is 0 Å². The number of carbonyl (C=O) groups is 1. The van der Waals surface area contributed by atoms with E-state index in [4.69, 9.17) is 0 Å². The summed E-state index contributed by atoms with van der Waals surface area (Å²) < 4.78 is 0. The molecule has 98 valence electrons. The maximum absolute atomic E-state index is 12.1. The molecule has 19 heavy (non-hydrogen) atoms. The summed E-state index contributed by atoms with van der Waals surface area (Å²) in [6.45, 7) is 3.93. The van der Waals surface area contributed by atoms with Crippen LogP contribution in [0.15, 0.2) is 30.6 Å². The number of rotatable bonds is 3. The second-order valence-electron chi connectivity index (χ2n) is 4.31. The molecule has 0 saturated carbocycles. The summed E-state index contributed by atoms with van der Waals surface area (Å²) in [4.78, 5) is 20.2. The molecule has 0 bridgehead atoms. The predicted octanol–water partition coefficient (Wildman–Crippen LogP) is 2.39. The van der Waals surface area contributed by atoms with Crippen LogP contribution in [0.25, 0.3) is 0 Å². The molecule has 0 spiro atoms. The molecule has 0 fully saturated rings. The number of benzene rings is 1. The minimum atomic E-state index is -0.265. The van der Waals surface area contributed by atoms with E-state index in [1.165, 1.54) is 6.20 Å². The van der Waals surface area contributed by atoms with Gasteiger partial charge in [0.25, 0.3) is 5.91 Å². The van der Waals surface area contributed by atoms with Gasteiger partial charge in [0.1, 0.15) is 11.5 Å². The van der Waals surface area contributed by atoms with Crippen LogP contribution in [-0.4, -0.2) is 22.9 Å². The van der Waals surface area contributed by atoms with Crippen molar-refractivity contribution in [3.63, 3.8) is 0 Å². The van der Waals surface area contributed by atoms with Gasteiger partial charge < -0.3 is 10.6 Å². The van der Waals surface area contributed by atoms with Crippen LogP contribution in [0, 0.1) is 13.8 Å². The predicted molar refractivity (Wildman–Crippen MR) is 75.4 cm³/mol. The molecule has 0 aliphatic rings. The van der Waals surface area contributed by atoms with Gasteiger partial charge in [-0.1, -0.05) is 12.1 Å². The number of anilines is 2. The van der Waals surface area contributed by atoms with Gasteiger partial charge in [-0.15, -0.1) is 0 Å². The van der Waals surface area contributed by atoms with Crippen molar-refractivity contribution in [3.8, 4) is 0 Å². The summed E-state index contributed by atoms with van der Waals surface area (Å²) in [6.07, 6.45) is 3.01. The van der Waals surface area contributed by atoms with Gasteiger partial charge in [0.05, 0.1) is 12.4 Å². The van der Waals surface area contributed by atoms with Crippen LogP contribution in [0.1, 0.15) is 21.6 Å². The van der Waals surface area contributed by atoms with Crippen molar-refractivity contribution in [3.05, 3.63) is 47.4 Å². The van der Waals surface area contributed by atoms with Crippen molar-refractivity contribution in [2.75, 3.05) is 17.7 Å². The van der Waals surface area contributed by atoms with Gasteiger partial charge in [-0.05, 0) is 31.0 Å². The molecule has 1 aromatic heterocycles. The number of nitrogens with zero attached hydrogens (tertiary/aromatic N) is 2. The molecule has 1 aromatic carbocycles. The molecule has 0 atom stereocenters. The Bertz CT molecular complexity index is 610. The fraction of sp³-hybridized carbons (Fsp3) is 0.214. The quantitative estimate of drug-likeness (QED) is 0.884. The van der Waals surface area contributed by atoms with Crippen molar-refractivity contribution in [2.45, 2.75) is 13.8 Å². The zero-order valence-corrected chi connectivity index (χ0v) is 11.2. The highest BCUT2D eigenvalue weighted by atomic mass is 16.1. The van der Waals surface area contributed by atoms with Crippen molar-refractivity contribution in [1.82, 2.24) is 9.97 Å². The first kappa shape index (κ1) is 13.0. The van der Waals surface area contributed by atoms with Crippen LogP contribution in [0.4, 0.5) is 11.5 Å². The average molecular weight is 256 g/mol. The topological polar surface area (TPSA) is 66.9 Å². The highest BCUT2D eigenvalue weighted by molar-refractivity contribution is 6.03. The van der Waals surface area contributed by atoms with E-state index in [2.05, 4.69) is 20.6 Å². The highest BCUT2D eigenvalue weighted by Gasteiger charge is 2.10. The fourth-order valence-electron chi connectivity index (χ4n) is 1.65. The average Bonchev–Trinajstić information content (AvgIpc) is 2.43. The number of hydrogen-bond acceptors (Lipinski definition) is 4. The number of amides is 1. The summed E-state index contributed by atoms with van der Waals surface area (Å²) in [7, 11) is 1.73. The SMILES string of the molecule is CNc1cncc(C(=O)Nc2cc(C)ccc2C)n1. The van der Waals surface area contributed by atoms with E-state index in [9.17, 15) is 4.79 Å². The van der Waals surface area contributed by atoms with E-state index in [0.29, 0.717) is 5.82 Å². The minimum Gasteiger partial charge on any atom is -0.372 e. The van der Waals surface area contributed by atoms with Crippen molar-refractivity contribution >= 4 is 17.4 Å². The number of aromatic nitrogens is 2. The first-order valence-corrected chi connectivity index (χ1v) is 5.98. The molecule has 2 aromatic rings. The molecule has 1 amide bonds. The summed E-state index contributed by atoms with van der Waals surface area (Å²) in [5, 5.41) is 5.70. The van der Waals surface area contributed by atoms with Crippen molar-refractivity contribution in [2.24, 2.45) is 0 Å². The van der Waals surface area contributed by atoms with E-state index in [-0.39, 0.29) is 11.6 Å². The van der Waals surface area contributed by atoms with Crippen LogP contribution < -0.4 is 10.6 Å². The monoisotopic (exact) mass is 256 g/mol. The largest absolute Gasteiger partial charge is 0.372 e. The second kappa shape index (κ2) is 5.48. The zero-order valence-electron chi connectivity index (χ0n) is 11.2. The zero-order chi connectivity index (χ0) is 13.8. The number of hydrogen-bond donors (Lipinski definition) is 2. The van der Waals surface area contributed by atoms with E-state index in [1.807, 2.05) is 32.0 Å². The third kappa shape index (κ3) is 3.07. The summed E-state index contributed by atoms with van der Waals surface area (Å²) in [5.74, 6) is 0.298. The van der Waals surface area contributed by atoms with Gasteiger partial charge in [-0.2, -0.15) is 0 Å². The van der Waals surface area contributed by atoms with Crippen LogP contribution in [0.5, 0.6) is 0 Å². The third-order valence-electron chi connectivity index (χ3n) is 2.76. The molecular weight excluding hydrogens is 240 g/mol. The van der Waals surface area contributed by atoms with E-state index >= 15 is 0 Å². The summed E-state index contributed by atoms with van der Waals surface area (Å²) in [5.41, 5.74) is 3.18. The molecular formula is C14H16N4O. The maximum Gasteiger partial charge on any atom is 0.275 e. The minimum absolute atomic E-state index is 0.265. The van der Waals surface area contributed by atoms with E-state index < -0.39 is 0 Å². The van der Waals surface area contributed by atoms with Crippen LogP contribution in [0.3, 0.4) is 0 Å². The molecule has 5 heteroatoms. The molecule has 5 nitrogen and oxygen atoms in total. The number of aryl methyl sites for hydroxylation is 2. The lowest BCUT2D eigenvalue weighted by Crippen LogP contribution is -2.15. The Balaban J connectivity index is 2.22. The Morgan fingerprint density at radius 1 is 1.21 bits per heavy atom. The smallest absolute Gasteiger partial charge is 0.275 e. The van der Waals surface area contributed by atoms with Crippen LogP contribution in [0.2, 0.25) is 0 Å². The van der Waals surface area contributed by atoms with Crippen LogP contribution >= 0.6 is 0 Å². The Hall–Kier alpha value is -2.43. The van der Waals surface area contributed by atoms with Gasteiger partial charge in [0, 0.05) is 12.7 Å². The molecule has 0 aliphatic carbocycles. The normalized spacial score (nSPS) is 10.1. The van der Waals surface area contributed by atoms with Gasteiger partial charge in [-0.3, -0.25) is 9.78 Å². The third-order valence-corrected chi connectivity index (χ3v) is 2.76. The fourth-order valence-corrected chi connectivity index (χ4v) is 1.65. The lowest BCUT2D eigenvalue weighted by molar-refractivity contribution is 0.102. The molecule has 0 aliphatic heterocycles. The number of nitrogens with one attached hydrogen (secondary N) is 2. The lowest BCUT2D eigenvalue weighted by Gasteiger charge is -2.09. The standard InChI is InChI=1S/C14H16N4O/c1-9-4-5-10(2)11(6-9)18-14(19)12-7-16-8-13(15-3)17-12/h4-8H,1-3H3,(H,15,17)(H,18,19). The lowest BCUT2D eigenvalue weighted by atomic mass is 10.1. The first-order valence-electron chi connectivity index (χ1n) is 5.98. The second-order valence-corrected chi connectivity index (χ2v) is 4.31. The molecule has 2 N–H and O–H groups in total. The van der Waals surface area contributed by atoms with Gasteiger partial charge in [-0.25, -0.2) is 4.98 Å². The summed E-state index contributed by atoms with van der Waals surface area (Å²) in [6, 6.07) is 5.91. The number of carbonyl (C=O) groups excluding carboxylic acids is 1. The molecule has 0 saturated heterocycles. The van der Waals surface area contributed by atoms with E-state index in [1.54, 1.807) is 13.2 Å². The van der Waals surface area contributed by atoms with E-state index in [0.717, 1.165) is 16.8 Å². The molecule has 0 unspecified atom stereocenters. The van der Waals surface area contributed by atoms with Crippen molar-refractivity contribution in [1.29, 1.82) is 0 Å². The highest BCUT2D eigenvalue weighted by Crippen LogP contribution is 2.17. The Morgan fingerprint density at radius 2 is 2.00 bits per heavy atom. The molecule has 0 radical (unpaired) electrons. The maximum atomic E-state index is 12.1. The Morgan fingerprint density at radius 3 is 2.74 bits per heavy atom. The van der Waals surface area contributed by atoms with Crippen molar-refractivity contribution < 1.29 is 4.79 Å². The Labute approximate surface area is 112 Å². The van der Waals surface area contributed by atoms with Gasteiger partial charge in [0.2, 0.25) is 0 Å². The first-order chi connectivity index (χ1) is 9.10. The molecule has 2 rings (SSSR count).